The van der Waals surface area contributed by atoms with E-state index < -0.39 is 17.7 Å². The molecule has 4 atom stereocenters. The van der Waals surface area contributed by atoms with Crippen LogP contribution in [0.4, 0.5) is 9.59 Å². The Morgan fingerprint density at radius 2 is 1.86 bits per heavy atom. The second-order valence-corrected chi connectivity index (χ2v) is 8.99. The summed E-state index contributed by atoms with van der Waals surface area (Å²) in [5, 5.41) is 19.0. The average Bonchev–Trinajstić information content (AvgIpc) is 3.29. The summed E-state index contributed by atoms with van der Waals surface area (Å²) in [4.78, 5) is 28.0. The van der Waals surface area contributed by atoms with Gasteiger partial charge < -0.3 is 14.1 Å². The average molecular weight is 393 g/mol. The van der Waals surface area contributed by atoms with Gasteiger partial charge in [0.05, 0.1) is 6.04 Å². The zero-order valence-electron chi connectivity index (χ0n) is 16.7. The number of carbonyl (C=O) groups excluding carboxylic acids is 2. The molecule has 4 heterocycles. The van der Waals surface area contributed by atoms with E-state index in [4.69, 9.17) is 9.15 Å². The third-order valence-electron chi connectivity index (χ3n) is 5.51. The van der Waals surface area contributed by atoms with E-state index in [1.54, 1.807) is 9.80 Å². The van der Waals surface area contributed by atoms with Crippen LogP contribution < -0.4 is 0 Å². The van der Waals surface area contributed by atoms with E-state index in [-0.39, 0.29) is 24.0 Å². The fraction of sp³-hybridized carbons (Fsp3) is 0.778. The molecule has 0 aliphatic carbocycles. The van der Waals surface area contributed by atoms with Crippen molar-refractivity contribution in [2.75, 3.05) is 13.1 Å². The number of hydrogen-bond acceptors (Lipinski definition) is 7. The van der Waals surface area contributed by atoms with Gasteiger partial charge in [-0.05, 0) is 46.0 Å². The first kappa shape index (κ1) is 19.0. The lowest BCUT2D eigenvalue weighted by molar-refractivity contribution is -0.0584. The highest BCUT2D eigenvalue weighted by molar-refractivity contribution is 5.76. The molecule has 3 saturated heterocycles. The molecule has 3 aliphatic rings. The summed E-state index contributed by atoms with van der Waals surface area (Å²) >= 11 is 0. The van der Waals surface area contributed by atoms with Crippen molar-refractivity contribution in [2.45, 2.75) is 70.7 Å². The van der Waals surface area contributed by atoms with Crippen LogP contribution in [-0.2, 0) is 4.74 Å². The first-order chi connectivity index (χ1) is 13.1. The molecule has 0 aromatic carbocycles. The summed E-state index contributed by atoms with van der Waals surface area (Å²) in [5.41, 5.74) is -0.585. The third-order valence-corrected chi connectivity index (χ3v) is 5.51. The summed E-state index contributed by atoms with van der Waals surface area (Å²) in [7, 11) is 0. The number of likely N-dealkylation sites (tertiary alicyclic amines) is 1. The van der Waals surface area contributed by atoms with Gasteiger partial charge in [-0.3, -0.25) is 10.1 Å². The van der Waals surface area contributed by atoms with E-state index in [1.807, 2.05) is 20.8 Å². The Morgan fingerprint density at radius 3 is 2.54 bits per heavy atom. The predicted molar refractivity (Wildman–Crippen MR) is 95.3 cm³/mol. The number of carbonyl (C=O) groups is 2. The number of hydrogen-bond donors (Lipinski definition) is 1. The zero-order valence-corrected chi connectivity index (χ0v) is 16.7. The fourth-order valence-corrected chi connectivity index (χ4v) is 4.23. The molecule has 0 saturated carbocycles. The minimum Gasteiger partial charge on any atom is -0.444 e. The van der Waals surface area contributed by atoms with Gasteiger partial charge in [-0.1, -0.05) is 6.92 Å². The molecular formula is C18H27N5O5. The highest BCUT2D eigenvalue weighted by Crippen LogP contribution is 2.40. The van der Waals surface area contributed by atoms with Crippen molar-refractivity contribution in [3.8, 4) is 0 Å². The number of hydroxylamine groups is 2. The summed E-state index contributed by atoms with van der Waals surface area (Å²) in [6, 6.07) is -1.30. The van der Waals surface area contributed by atoms with Crippen molar-refractivity contribution in [2.24, 2.45) is 5.92 Å². The van der Waals surface area contributed by atoms with Gasteiger partial charge >= 0.3 is 12.1 Å². The highest BCUT2D eigenvalue weighted by Gasteiger charge is 2.47. The number of piperidine rings is 1. The quantitative estimate of drug-likeness (QED) is 0.769. The van der Waals surface area contributed by atoms with Crippen LogP contribution in [0.2, 0.25) is 0 Å². The van der Waals surface area contributed by atoms with Crippen LogP contribution in [0.5, 0.6) is 0 Å². The second-order valence-electron chi connectivity index (χ2n) is 8.99. The first-order valence-electron chi connectivity index (χ1n) is 9.75. The van der Waals surface area contributed by atoms with Gasteiger partial charge in [0.15, 0.2) is 0 Å². The molecule has 3 amide bonds. The molecule has 154 valence electrons. The van der Waals surface area contributed by atoms with E-state index in [0.29, 0.717) is 44.1 Å². The minimum absolute atomic E-state index is 0.176. The van der Waals surface area contributed by atoms with Crippen LogP contribution in [0.15, 0.2) is 4.42 Å². The van der Waals surface area contributed by atoms with Crippen LogP contribution in [0.3, 0.4) is 0 Å². The lowest BCUT2D eigenvalue weighted by atomic mass is 10.0. The second kappa shape index (κ2) is 6.61. The number of rotatable bonds is 2. The van der Waals surface area contributed by atoms with Gasteiger partial charge in [-0.2, -0.15) is 0 Å². The van der Waals surface area contributed by atoms with Crippen LogP contribution in [0, 0.1) is 5.92 Å². The summed E-state index contributed by atoms with van der Waals surface area (Å²) < 4.78 is 11.5. The molecule has 3 aliphatic heterocycles. The zero-order chi connectivity index (χ0) is 20.2. The monoisotopic (exact) mass is 393 g/mol. The van der Waals surface area contributed by atoms with Crippen LogP contribution in [-0.4, -0.2) is 67.1 Å². The highest BCUT2D eigenvalue weighted by atomic mass is 16.6. The molecule has 1 unspecified atom stereocenters. The molecule has 4 rings (SSSR count). The maximum absolute atomic E-state index is 12.6. The third kappa shape index (κ3) is 3.30. The van der Waals surface area contributed by atoms with Crippen LogP contribution in [0.25, 0.3) is 0 Å². The Kier molecular flexibility index (Phi) is 4.48. The van der Waals surface area contributed by atoms with Gasteiger partial charge in [0.1, 0.15) is 17.7 Å². The van der Waals surface area contributed by atoms with E-state index in [2.05, 4.69) is 17.1 Å². The Balaban J connectivity index is 1.53. The molecular weight excluding hydrogens is 366 g/mol. The topological polar surface area (TPSA) is 112 Å². The first-order valence-corrected chi connectivity index (χ1v) is 9.75. The Morgan fingerprint density at radius 1 is 1.18 bits per heavy atom. The van der Waals surface area contributed by atoms with Crippen molar-refractivity contribution in [3.05, 3.63) is 11.8 Å². The molecule has 2 bridgehead atoms. The van der Waals surface area contributed by atoms with E-state index in [1.165, 1.54) is 0 Å². The van der Waals surface area contributed by atoms with Crippen molar-refractivity contribution < 1.29 is 24.0 Å². The molecule has 1 aromatic rings. The molecule has 10 heteroatoms. The van der Waals surface area contributed by atoms with Gasteiger partial charge in [0, 0.05) is 13.1 Å². The molecule has 3 fully saturated rings. The van der Waals surface area contributed by atoms with Crippen molar-refractivity contribution in [3.63, 3.8) is 0 Å². The molecule has 10 nitrogen and oxygen atoms in total. The molecule has 0 spiro atoms. The van der Waals surface area contributed by atoms with Gasteiger partial charge in [-0.15, -0.1) is 10.2 Å². The van der Waals surface area contributed by atoms with Gasteiger partial charge in [0.2, 0.25) is 11.8 Å². The number of amides is 3. The van der Waals surface area contributed by atoms with Crippen LogP contribution in [0.1, 0.15) is 70.8 Å². The Labute approximate surface area is 163 Å². The summed E-state index contributed by atoms with van der Waals surface area (Å²) in [6.45, 7) is 8.57. The van der Waals surface area contributed by atoms with Crippen molar-refractivity contribution in [1.82, 2.24) is 25.1 Å². The van der Waals surface area contributed by atoms with Crippen molar-refractivity contribution >= 4 is 12.1 Å². The fourth-order valence-electron chi connectivity index (χ4n) is 4.23. The lowest BCUT2D eigenvalue weighted by Crippen LogP contribution is -2.36. The van der Waals surface area contributed by atoms with Gasteiger partial charge in [0.25, 0.3) is 0 Å². The summed E-state index contributed by atoms with van der Waals surface area (Å²) in [5.74, 6) is 0.993. The van der Waals surface area contributed by atoms with Crippen molar-refractivity contribution in [1.29, 1.82) is 0 Å². The number of aromatic nitrogens is 2. The maximum Gasteiger partial charge on any atom is 0.410 e. The maximum atomic E-state index is 12.6. The minimum atomic E-state index is -0.585. The van der Waals surface area contributed by atoms with Crippen LogP contribution >= 0.6 is 0 Å². The Bertz CT molecular complexity index is 775. The Hall–Kier alpha value is -2.36. The van der Waals surface area contributed by atoms with E-state index >= 15 is 0 Å². The largest absolute Gasteiger partial charge is 0.444 e. The number of ether oxygens (including phenoxy) is 1. The number of fused-ring (bicyclic) bond motifs is 2. The molecule has 0 radical (unpaired) electrons. The number of urea groups is 1. The number of nitrogens with zero attached hydrogens (tertiary/aromatic N) is 5. The lowest BCUT2D eigenvalue weighted by Gasteiger charge is -2.28. The molecule has 28 heavy (non-hydrogen) atoms. The van der Waals surface area contributed by atoms with E-state index in [0.717, 1.165) is 5.06 Å². The van der Waals surface area contributed by atoms with Gasteiger partial charge in [-0.25, -0.2) is 14.7 Å². The predicted octanol–water partition coefficient (Wildman–Crippen LogP) is 2.72. The SMILES string of the molecule is C[C@@H]1CC(c2nnc([C@@H]3CC[C@@H]4CN3C(=O)N4O)o2)N(C(=O)OC(C)(C)C)C1. The summed E-state index contributed by atoms with van der Waals surface area (Å²) in [6.07, 6.45) is 1.63. The van der Waals surface area contributed by atoms with E-state index in [9.17, 15) is 14.8 Å². The molecule has 1 N–H and O–H groups in total. The molecule has 1 aromatic heterocycles. The normalized spacial score (nSPS) is 30.3. The standard InChI is InChI=1S/C18H27N5O5/c1-10-7-13(22(8-10)17(25)28-18(2,3)4)15-20-19-14(27-15)12-6-5-11-9-21(12)16(24)23(11)26/h10-13,26H,5-9H2,1-4H3/t10-,11-,12+,13?/m1/s1. The smallest absolute Gasteiger partial charge is 0.410 e.